The van der Waals surface area contributed by atoms with Crippen LogP contribution in [0.4, 0.5) is 0 Å². The second-order valence-electron chi connectivity index (χ2n) is 3.95. The molecule has 3 aromatic rings. The van der Waals surface area contributed by atoms with Gasteiger partial charge in [0.05, 0.1) is 0 Å². The number of fused-ring (bicyclic) bond motifs is 6. The predicted molar refractivity (Wildman–Crippen MR) is 67.9 cm³/mol. The molecular formula is C12H8N6. The third kappa shape index (κ3) is 1.51. The summed E-state index contributed by atoms with van der Waals surface area (Å²) in [6, 6.07) is 7.48. The van der Waals surface area contributed by atoms with Crippen LogP contribution in [0.3, 0.4) is 0 Å². The number of aromatic nitrogens is 6. The average Bonchev–Trinajstić information content (AvgIpc) is 3.04. The topological polar surface area (TPSA) is 83.1 Å². The zero-order chi connectivity index (χ0) is 11.9. The molecule has 2 N–H and O–H groups in total. The van der Waals surface area contributed by atoms with E-state index in [9.17, 15) is 0 Å². The highest BCUT2D eigenvalue weighted by atomic mass is 15.0. The Labute approximate surface area is 101 Å². The second kappa shape index (κ2) is 3.36. The summed E-state index contributed by atoms with van der Waals surface area (Å²) in [5.41, 5.74) is 2.94. The molecule has 0 radical (unpaired) electrons. The van der Waals surface area contributed by atoms with Crippen molar-refractivity contribution in [2.45, 2.75) is 0 Å². The van der Waals surface area contributed by atoms with Crippen molar-refractivity contribution < 1.29 is 0 Å². The van der Waals surface area contributed by atoms with E-state index in [2.05, 4.69) is 29.9 Å². The number of H-pyrrole nitrogens is 2. The van der Waals surface area contributed by atoms with Crippen LogP contribution in [0, 0.1) is 0 Å². The maximum absolute atomic E-state index is 4.41. The van der Waals surface area contributed by atoms with Crippen LogP contribution >= 0.6 is 0 Å². The SMILES string of the molecule is C1=Cc2nc1nc1ccc(nc3ccc(n2)[nH]3)[nH]1. The molecular weight excluding hydrogens is 228 g/mol. The van der Waals surface area contributed by atoms with E-state index in [1.165, 1.54) is 0 Å². The summed E-state index contributed by atoms with van der Waals surface area (Å²) >= 11 is 0. The molecule has 4 heterocycles. The Morgan fingerprint density at radius 2 is 1.00 bits per heavy atom. The van der Waals surface area contributed by atoms with Gasteiger partial charge in [-0.1, -0.05) is 0 Å². The Morgan fingerprint density at radius 1 is 0.556 bits per heavy atom. The molecule has 4 rings (SSSR count). The number of nitrogens with zero attached hydrogens (tertiary/aromatic N) is 4. The largest absolute Gasteiger partial charge is 0.325 e. The Hall–Kier alpha value is -2.76. The first-order valence-electron chi connectivity index (χ1n) is 5.52. The van der Waals surface area contributed by atoms with E-state index < -0.39 is 0 Å². The lowest BCUT2D eigenvalue weighted by Crippen LogP contribution is -1.83. The van der Waals surface area contributed by atoms with Crippen LogP contribution < -0.4 is 0 Å². The van der Waals surface area contributed by atoms with Crippen molar-refractivity contribution in [1.82, 2.24) is 29.9 Å². The summed E-state index contributed by atoms with van der Waals surface area (Å²) < 4.78 is 0. The Kier molecular flexibility index (Phi) is 1.74. The van der Waals surface area contributed by atoms with Gasteiger partial charge in [0.2, 0.25) is 0 Å². The number of hydrogen-bond acceptors (Lipinski definition) is 4. The third-order valence-corrected chi connectivity index (χ3v) is 2.63. The molecule has 0 unspecified atom stereocenters. The van der Waals surface area contributed by atoms with E-state index >= 15 is 0 Å². The molecule has 0 aromatic carbocycles. The zero-order valence-electron chi connectivity index (χ0n) is 9.25. The van der Waals surface area contributed by atoms with Crippen molar-refractivity contribution in [3.05, 3.63) is 35.9 Å². The summed E-state index contributed by atoms with van der Waals surface area (Å²) in [6.07, 6.45) is 3.66. The van der Waals surface area contributed by atoms with E-state index in [0.717, 1.165) is 22.6 Å². The number of rotatable bonds is 0. The zero-order valence-corrected chi connectivity index (χ0v) is 9.25. The molecule has 6 nitrogen and oxygen atoms in total. The summed E-state index contributed by atoms with van der Waals surface area (Å²) in [5, 5.41) is 0. The molecule has 86 valence electrons. The van der Waals surface area contributed by atoms with Gasteiger partial charge >= 0.3 is 0 Å². The van der Waals surface area contributed by atoms with Crippen LogP contribution in [-0.4, -0.2) is 29.9 Å². The fraction of sp³-hybridized carbons (Fsp3) is 0. The molecule has 3 aromatic heterocycles. The molecule has 1 aliphatic rings. The maximum atomic E-state index is 4.41. The first kappa shape index (κ1) is 9.29. The highest BCUT2D eigenvalue weighted by Gasteiger charge is 2.01. The molecule has 6 heteroatoms. The summed E-state index contributed by atoms with van der Waals surface area (Å²) in [5.74, 6) is 1.27. The summed E-state index contributed by atoms with van der Waals surface area (Å²) in [7, 11) is 0. The van der Waals surface area contributed by atoms with Crippen molar-refractivity contribution in [1.29, 1.82) is 0 Å². The summed E-state index contributed by atoms with van der Waals surface area (Å²) in [4.78, 5) is 23.6. The van der Waals surface area contributed by atoms with Crippen LogP contribution in [0.1, 0.15) is 11.6 Å². The molecule has 1 aliphatic heterocycles. The van der Waals surface area contributed by atoms with E-state index in [1.54, 1.807) is 0 Å². The molecule has 0 fully saturated rings. The van der Waals surface area contributed by atoms with Crippen molar-refractivity contribution >= 4 is 34.7 Å². The smallest absolute Gasteiger partial charge is 0.156 e. The third-order valence-electron chi connectivity index (χ3n) is 2.63. The minimum atomic E-state index is 0.634. The van der Waals surface area contributed by atoms with Gasteiger partial charge < -0.3 is 9.97 Å². The fourth-order valence-corrected chi connectivity index (χ4v) is 1.85. The fourth-order valence-electron chi connectivity index (χ4n) is 1.85. The van der Waals surface area contributed by atoms with Gasteiger partial charge in [0.1, 0.15) is 22.6 Å². The van der Waals surface area contributed by atoms with Crippen molar-refractivity contribution in [3.8, 4) is 0 Å². The standard InChI is InChI=1S/C12H8N6/c1-2-8-13-7(1)16-9-3-4-11(14-9)18-12-6-5-10(15-12)17-8/h1-6H,(H2,13,14,15,16,17,18). The maximum Gasteiger partial charge on any atom is 0.156 e. The Morgan fingerprint density at radius 3 is 1.50 bits per heavy atom. The molecule has 0 saturated carbocycles. The van der Waals surface area contributed by atoms with Crippen molar-refractivity contribution in [3.63, 3.8) is 0 Å². The van der Waals surface area contributed by atoms with Crippen molar-refractivity contribution in [2.75, 3.05) is 0 Å². The van der Waals surface area contributed by atoms with Gasteiger partial charge in [0.25, 0.3) is 0 Å². The lowest BCUT2D eigenvalue weighted by Gasteiger charge is -1.84. The quantitative estimate of drug-likeness (QED) is 0.488. The molecule has 0 spiro atoms. The first-order valence-corrected chi connectivity index (χ1v) is 5.52. The van der Waals surface area contributed by atoms with Gasteiger partial charge in [0, 0.05) is 0 Å². The molecule has 0 atom stereocenters. The average molecular weight is 236 g/mol. The predicted octanol–water partition coefficient (Wildman–Crippen LogP) is 1.84. The van der Waals surface area contributed by atoms with Crippen LogP contribution in [0.25, 0.3) is 34.7 Å². The highest BCUT2D eigenvalue weighted by molar-refractivity contribution is 5.69. The Bertz CT molecular complexity index is 774. The van der Waals surface area contributed by atoms with Gasteiger partial charge in [-0.05, 0) is 36.4 Å². The van der Waals surface area contributed by atoms with E-state index in [4.69, 9.17) is 0 Å². The lowest BCUT2D eigenvalue weighted by atomic mass is 10.5. The van der Waals surface area contributed by atoms with E-state index in [1.807, 2.05) is 36.4 Å². The number of nitrogens with one attached hydrogen (secondary N) is 2. The van der Waals surface area contributed by atoms with E-state index in [-0.39, 0.29) is 0 Å². The minimum Gasteiger partial charge on any atom is -0.325 e. The van der Waals surface area contributed by atoms with Gasteiger partial charge in [0.15, 0.2) is 11.6 Å². The van der Waals surface area contributed by atoms with E-state index in [0.29, 0.717) is 11.6 Å². The second-order valence-corrected chi connectivity index (χ2v) is 3.95. The minimum absolute atomic E-state index is 0.634. The molecule has 0 aliphatic carbocycles. The van der Waals surface area contributed by atoms with Crippen molar-refractivity contribution in [2.24, 2.45) is 0 Å². The normalized spacial score (nSPS) is 12.2. The van der Waals surface area contributed by atoms with Gasteiger partial charge in [-0.3, -0.25) is 0 Å². The van der Waals surface area contributed by atoms with Gasteiger partial charge in [-0.25, -0.2) is 19.9 Å². The molecule has 6 bridgehead atoms. The lowest BCUT2D eigenvalue weighted by molar-refractivity contribution is 1.13. The molecule has 18 heavy (non-hydrogen) atoms. The van der Waals surface area contributed by atoms with Crippen LogP contribution in [0.2, 0.25) is 0 Å². The van der Waals surface area contributed by atoms with Crippen LogP contribution in [0.15, 0.2) is 24.3 Å². The number of hydrogen-bond donors (Lipinski definition) is 2. The number of aromatic amines is 2. The van der Waals surface area contributed by atoms with Gasteiger partial charge in [-0.15, -0.1) is 0 Å². The molecule has 0 saturated heterocycles. The summed E-state index contributed by atoms with van der Waals surface area (Å²) in [6.45, 7) is 0. The van der Waals surface area contributed by atoms with Crippen LogP contribution in [-0.2, 0) is 0 Å². The Balaban J connectivity index is 2.19. The monoisotopic (exact) mass is 236 g/mol. The van der Waals surface area contributed by atoms with Gasteiger partial charge in [-0.2, -0.15) is 0 Å². The highest BCUT2D eigenvalue weighted by Crippen LogP contribution is 2.09. The first-order chi connectivity index (χ1) is 8.85. The van der Waals surface area contributed by atoms with Crippen LogP contribution in [0.5, 0.6) is 0 Å². The molecule has 0 amide bonds.